The summed E-state index contributed by atoms with van der Waals surface area (Å²) < 4.78 is 19.1. The number of hydrogen-bond donors (Lipinski definition) is 1. The molecule has 0 amide bonds. The minimum Gasteiger partial charge on any atom is -0.379 e. The number of halogens is 2. The quantitative estimate of drug-likeness (QED) is 0.922. The Balaban J connectivity index is 1.88. The van der Waals surface area contributed by atoms with Gasteiger partial charge in [0.2, 0.25) is 0 Å². The topological polar surface area (TPSA) is 21.3 Å². The second-order valence-electron chi connectivity index (χ2n) is 4.00. The van der Waals surface area contributed by atoms with Crippen LogP contribution < -0.4 is 5.32 Å². The first kappa shape index (κ1) is 12.0. The van der Waals surface area contributed by atoms with Crippen LogP contribution >= 0.6 is 15.9 Å². The molecular weight excluding hydrogens is 273 g/mol. The molecule has 1 aromatic rings. The summed E-state index contributed by atoms with van der Waals surface area (Å²) >= 11 is 3.38. The van der Waals surface area contributed by atoms with Crippen molar-refractivity contribution in [2.75, 3.05) is 19.8 Å². The Morgan fingerprint density at radius 1 is 1.50 bits per heavy atom. The third-order valence-electron chi connectivity index (χ3n) is 2.78. The maximum Gasteiger partial charge on any atom is 0.124 e. The number of rotatable bonds is 3. The van der Waals surface area contributed by atoms with Crippen molar-refractivity contribution in [3.05, 3.63) is 34.1 Å². The molecule has 1 heterocycles. The van der Waals surface area contributed by atoms with Gasteiger partial charge in [-0.25, -0.2) is 4.39 Å². The van der Waals surface area contributed by atoms with Gasteiger partial charge in [-0.05, 0) is 30.5 Å². The van der Waals surface area contributed by atoms with Crippen LogP contribution in [0.1, 0.15) is 12.0 Å². The molecule has 1 aliphatic rings. The van der Waals surface area contributed by atoms with Gasteiger partial charge in [0.25, 0.3) is 0 Å². The molecule has 0 radical (unpaired) electrons. The molecule has 0 aromatic heterocycles. The highest BCUT2D eigenvalue weighted by Gasteiger charge is 2.13. The summed E-state index contributed by atoms with van der Waals surface area (Å²) in [6.45, 7) is 2.50. The summed E-state index contributed by atoms with van der Waals surface area (Å²) in [4.78, 5) is 0. The molecule has 1 aromatic carbocycles. The van der Waals surface area contributed by atoms with Crippen molar-refractivity contribution in [1.82, 2.24) is 5.32 Å². The van der Waals surface area contributed by atoms with E-state index in [-0.39, 0.29) is 5.82 Å². The molecule has 4 heteroatoms. The molecule has 88 valence electrons. The highest BCUT2D eigenvalue weighted by Crippen LogP contribution is 2.20. The van der Waals surface area contributed by atoms with Gasteiger partial charge in [0.15, 0.2) is 0 Å². The minimum absolute atomic E-state index is 0.199. The zero-order chi connectivity index (χ0) is 11.4. The van der Waals surface area contributed by atoms with Crippen LogP contribution in [-0.4, -0.2) is 25.8 Å². The Morgan fingerprint density at radius 2 is 2.38 bits per heavy atom. The lowest BCUT2D eigenvalue weighted by molar-refractivity contribution is 0.0743. The van der Waals surface area contributed by atoms with E-state index < -0.39 is 0 Å². The van der Waals surface area contributed by atoms with Crippen molar-refractivity contribution in [2.45, 2.75) is 18.9 Å². The third-order valence-corrected chi connectivity index (χ3v) is 3.51. The van der Waals surface area contributed by atoms with Crippen molar-refractivity contribution in [1.29, 1.82) is 0 Å². The summed E-state index contributed by atoms with van der Waals surface area (Å²) in [5.41, 5.74) is 1.15. The molecule has 0 saturated carbocycles. The monoisotopic (exact) mass is 287 g/mol. The smallest absolute Gasteiger partial charge is 0.124 e. The molecule has 2 nitrogen and oxygen atoms in total. The highest BCUT2D eigenvalue weighted by molar-refractivity contribution is 9.10. The Morgan fingerprint density at radius 3 is 3.06 bits per heavy atom. The largest absolute Gasteiger partial charge is 0.379 e. The van der Waals surface area contributed by atoms with Gasteiger partial charge in [-0.15, -0.1) is 0 Å². The van der Waals surface area contributed by atoms with Gasteiger partial charge < -0.3 is 10.1 Å². The van der Waals surface area contributed by atoms with Crippen molar-refractivity contribution in [3.63, 3.8) is 0 Å². The molecule has 1 aliphatic heterocycles. The van der Waals surface area contributed by atoms with Crippen LogP contribution in [0.3, 0.4) is 0 Å². The predicted molar refractivity (Wildman–Crippen MR) is 65.0 cm³/mol. The molecule has 1 fully saturated rings. The molecule has 2 rings (SSSR count). The number of aryl methyl sites for hydroxylation is 1. The van der Waals surface area contributed by atoms with Gasteiger partial charge in [0, 0.05) is 17.1 Å². The number of benzene rings is 1. The Hall–Kier alpha value is -0.450. The highest BCUT2D eigenvalue weighted by atomic mass is 79.9. The van der Waals surface area contributed by atoms with E-state index >= 15 is 0 Å². The van der Waals surface area contributed by atoms with Gasteiger partial charge in [-0.1, -0.05) is 22.0 Å². The van der Waals surface area contributed by atoms with Gasteiger partial charge in [-0.3, -0.25) is 0 Å². The molecule has 1 unspecified atom stereocenters. The summed E-state index contributed by atoms with van der Waals surface area (Å²) in [7, 11) is 0. The number of hydrogen-bond acceptors (Lipinski definition) is 2. The average Bonchev–Trinajstić information content (AvgIpc) is 2.29. The first-order valence-corrected chi connectivity index (χ1v) is 6.30. The van der Waals surface area contributed by atoms with E-state index in [0.717, 1.165) is 42.6 Å². The maximum atomic E-state index is 12.9. The first-order valence-electron chi connectivity index (χ1n) is 5.51. The molecule has 16 heavy (non-hydrogen) atoms. The summed E-state index contributed by atoms with van der Waals surface area (Å²) in [6, 6.07) is 5.28. The van der Waals surface area contributed by atoms with Crippen LogP contribution in [0.15, 0.2) is 22.7 Å². The van der Waals surface area contributed by atoms with E-state index in [4.69, 9.17) is 4.74 Å². The van der Waals surface area contributed by atoms with Crippen molar-refractivity contribution in [2.24, 2.45) is 0 Å². The van der Waals surface area contributed by atoms with Crippen LogP contribution in [-0.2, 0) is 11.2 Å². The fourth-order valence-electron chi connectivity index (χ4n) is 1.86. The van der Waals surface area contributed by atoms with Gasteiger partial charge in [0.05, 0.1) is 13.2 Å². The van der Waals surface area contributed by atoms with Crippen LogP contribution in [0.4, 0.5) is 4.39 Å². The average molecular weight is 288 g/mol. The van der Waals surface area contributed by atoms with Gasteiger partial charge in [-0.2, -0.15) is 0 Å². The summed E-state index contributed by atoms with van der Waals surface area (Å²) in [6.07, 6.45) is 1.95. The summed E-state index contributed by atoms with van der Waals surface area (Å²) in [5, 5.41) is 3.41. The van der Waals surface area contributed by atoms with E-state index in [2.05, 4.69) is 21.2 Å². The SMILES string of the molecule is Fc1ccc(CCC2COCCN2)c(Br)c1. The Kier molecular flexibility index (Phi) is 4.32. The Bertz CT molecular complexity index is 353. The lowest BCUT2D eigenvalue weighted by Crippen LogP contribution is -2.41. The van der Waals surface area contributed by atoms with Crippen LogP contribution in [0, 0.1) is 5.82 Å². The predicted octanol–water partition coefficient (Wildman–Crippen LogP) is 2.51. The fraction of sp³-hybridized carbons (Fsp3) is 0.500. The van der Waals surface area contributed by atoms with E-state index in [1.807, 2.05) is 6.07 Å². The first-order chi connectivity index (χ1) is 7.75. The zero-order valence-corrected chi connectivity index (χ0v) is 10.6. The molecule has 1 saturated heterocycles. The van der Waals surface area contributed by atoms with E-state index in [9.17, 15) is 4.39 Å². The molecular formula is C12H15BrFNO. The molecule has 1 N–H and O–H groups in total. The standard InChI is InChI=1S/C12H15BrFNO/c13-12-7-10(14)3-1-9(12)2-4-11-8-16-6-5-15-11/h1,3,7,11,15H,2,4-6,8H2. The molecule has 0 spiro atoms. The minimum atomic E-state index is -0.199. The molecule has 0 bridgehead atoms. The number of morpholine rings is 1. The fourth-order valence-corrected chi connectivity index (χ4v) is 2.41. The maximum absolute atomic E-state index is 12.9. The molecule has 0 aliphatic carbocycles. The van der Waals surface area contributed by atoms with Crippen LogP contribution in [0.25, 0.3) is 0 Å². The van der Waals surface area contributed by atoms with Crippen molar-refractivity contribution < 1.29 is 9.13 Å². The van der Waals surface area contributed by atoms with Gasteiger partial charge >= 0.3 is 0 Å². The third kappa shape index (κ3) is 3.27. The Labute approximate surface area is 103 Å². The second-order valence-corrected chi connectivity index (χ2v) is 4.85. The van der Waals surface area contributed by atoms with E-state index in [1.165, 1.54) is 12.1 Å². The number of ether oxygens (including phenoxy) is 1. The van der Waals surface area contributed by atoms with E-state index in [0.29, 0.717) is 6.04 Å². The normalized spacial score (nSPS) is 21.0. The van der Waals surface area contributed by atoms with Gasteiger partial charge in [0.1, 0.15) is 5.82 Å². The van der Waals surface area contributed by atoms with E-state index in [1.54, 1.807) is 0 Å². The molecule has 1 atom stereocenters. The second kappa shape index (κ2) is 5.75. The lowest BCUT2D eigenvalue weighted by atomic mass is 10.1. The number of nitrogens with one attached hydrogen (secondary N) is 1. The van der Waals surface area contributed by atoms with Crippen LogP contribution in [0.5, 0.6) is 0 Å². The van der Waals surface area contributed by atoms with Crippen LogP contribution in [0.2, 0.25) is 0 Å². The summed E-state index contributed by atoms with van der Waals surface area (Å²) in [5.74, 6) is -0.199. The zero-order valence-electron chi connectivity index (χ0n) is 9.01. The lowest BCUT2D eigenvalue weighted by Gasteiger charge is -2.23. The van der Waals surface area contributed by atoms with Crippen molar-refractivity contribution in [3.8, 4) is 0 Å². The van der Waals surface area contributed by atoms with Crippen molar-refractivity contribution >= 4 is 15.9 Å².